The number of fused-ring (bicyclic) bond motifs is 1. The van der Waals surface area contributed by atoms with E-state index in [1.807, 2.05) is 30.1 Å². The average molecular weight is 316 g/mol. The summed E-state index contributed by atoms with van der Waals surface area (Å²) in [6.07, 6.45) is 2.18. The molecule has 2 fully saturated rings. The maximum atomic E-state index is 12.5. The highest BCUT2D eigenvalue weighted by atomic mass is 16.5. The number of hydrogen-bond acceptors (Lipinski definition) is 3. The predicted octanol–water partition coefficient (Wildman–Crippen LogP) is 1.42. The van der Waals surface area contributed by atoms with Gasteiger partial charge in [0.1, 0.15) is 6.61 Å². The van der Waals surface area contributed by atoms with Gasteiger partial charge in [-0.2, -0.15) is 0 Å². The topological polar surface area (TPSA) is 49.9 Å². The number of nitrogens with zero attached hydrogens (tertiary/aromatic N) is 2. The number of benzene rings is 1. The van der Waals surface area contributed by atoms with Crippen LogP contribution in [-0.2, 0) is 19.7 Å². The van der Waals surface area contributed by atoms with Crippen molar-refractivity contribution >= 4 is 11.8 Å². The van der Waals surface area contributed by atoms with Crippen LogP contribution in [-0.4, -0.2) is 61.5 Å². The van der Waals surface area contributed by atoms with Gasteiger partial charge in [0, 0.05) is 39.1 Å². The van der Waals surface area contributed by atoms with E-state index < -0.39 is 0 Å². The van der Waals surface area contributed by atoms with Gasteiger partial charge in [-0.1, -0.05) is 30.3 Å². The van der Waals surface area contributed by atoms with Crippen molar-refractivity contribution in [1.82, 2.24) is 9.80 Å². The fourth-order valence-electron chi connectivity index (χ4n) is 4.11. The summed E-state index contributed by atoms with van der Waals surface area (Å²) < 4.78 is 5.03. The van der Waals surface area contributed by atoms with Crippen molar-refractivity contribution in [2.24, 2.45) is 0 Å². The van der Waals surface area contributed by atoms with Gasteiger partial charge in [0.25, 0.3) is 0 Å². The molecule has 5 heteroatoms. The summed E-state index contributed by atoms with van der Waals surface area (Å²) in [6.45, 7) is 1.50. The second-order valence-corrected chi connectivity index (χ2v) is 6.58. The molecule has 2 saturated heterocycles. The summed E-state index contributed by atoms with van der Waals surface area (Å²) in [7, 11) is 3.38. The molecule has 0 bridgehead atoms. The Morgan fingerprint density at radius 1 is 1.26 bits per heavy atom. The van der Waals surface area contributed by atoms with E-state index in [2.05, 4.69) is 12.1 Å². The zero-order valence-corrected chi connectivity index (χ0v) is 13.8. The van der Waals surface area contributed by atoms with E-state index >= 15 is 0 Å². The highest BCUT2D eigenvalue weighted by Crippen LogP contribution is 2.46. The molecular weight excluding hydrogens is 292 g/mol. The van der Waals surface area contributed by atoms with Gasteiger partial charge in [-0.3, -0.25) is 9.59 Å². The zero-order chi connectivity index (χ0) is 16.4. The number of carbonyl (C=O) groups is 2. The summed E-state index contributed by atoms with van der Waals surface area (Å²) in [5.41, 5.74) is 1.10. The van der Waals surface area contributed by atoms with E-state index in [4.69, 9.17) is 4.74 Å². The van der Waals surface area contributed by atoms with Crippen LogP contribution in [0.5, 0.6) is 0 Å². The minimum Gasteiger partial charge on any atom is -0.375 e. The lowest BCUT2D eigenvalue weighted by Crippen LogP contribution is -2.46. The quantitative estimate of drug-likeness (QED) is 0.847. The standard InChI is InChI=1S/C18H24N2O3/c1-19-10-8-18(14-6-4-3-5-7-14)9-11-20(17(22)13-23-2)15(18)12-16(19)21/h3-7,15H,8-13H2,1-2H3/t15-,18+/m1/s1. The Morgan fingerprint density at radius 3 is 2.65 bits per heavy atom. The molecule has 124 valence electrons. The lowest BCUT2D eigenvalue weighted by molar-refractivity contribution is -0.138. The van der Waals surface area contributed by atoms with E-state index in [-0.39, 0.29) is 29.9 Å². The second kappa shape index (κ2) is 6.32. The largest absolute Gasteiger partial charge is 0.375 e. The molecule has 2 aliphatic heterocycles. The first-order chi connectivity index (χ1) is 11.1. The Labute approximate surface area is 137 Å². The minimum atomic E-state index is -0.134. The van der Waals surface area contributed by atoms with Gasteiger partial charge < -0.3 is 14.5 Å². The third kappa shape index (κ3) is 2.74. The van der Waals surface area contributed by atoms with E-state index in [0.29, 0.717) is 13.0 Å². The molecule has 1 aromatic carbocycles. The Kier molecular flexibility index (Phi) is 4.39. The first-order valence-corrected chi connectivity index (χ1v) is 8.16. The summed E-state index contributed by atoms with van der Waals surface area (Å²) in [5.74, 6) is 0.0950. The predicted molar refractivity (Wildman–Crippen MR) is 87.0 cm³/mol. The first kappa shape index (κ1) is 16.0. The molecule has 0 aliphatic carbocycles. The van der Waals surface area contributed by atoms with Crippen molar-refractivity contribution in [2.75, 3.05) is 33.9 Å². The molecule has 0 N–H and O–H groups in total. The number of amides is 2. The fourth-order valence-corrected chi connectivity index (χ4v) is 4.11. The summed E-state index contributed by atoms with van der Waals surface area (Å²) in [4.78, 5) is 28.5. The number of hydrogen-bond donors (Lipinski definition) is 0. The molecule has 0 saturated carbocycles. The SMILES string of the molecule is COCC(=O)N1CC[C@]2(c3ccccc3)CCN(C)C(=O)C[C@@H]12. The number of likely N-dealkylation sites (tertiary alicyclic amines) is 2. The molecule has 2 amide bonds. The van der Waals surface area contributed by atoms with E-state index in [1.54, 1.807) is 4.90 Å². The lowest BCUT2D eigenvalue weighted by atomic mass is 9.71. The highest BCUT2D eigenvalue weighted by Gasteiger charge is 2.52. The molecule has 2 heterocycles. The fraction of sp³-hybridized carbons (Fsp3) is 0.556. The maximum absolute atomic E-state index is 12.5. The molecule has 0 unspecified atom stereocenters. The van der Waals surface area contributed by atoms with Crippen molar-refractivity contribution in [2.45, 2.75) is 30.7 Å². The van der Waals surface area contributed by atoms with Crippen molar-refractivity contribution in [3.8, 4) is 0 Å². The first-order valence-electron chi connectivity index (χ1n) is 8.16. The summed E-state index contributed by atoms with van der Waals surface area (Å²) in [6, 6.07) is 10.3. The van der Waals surface area contributed by atoms with Gasteiger partial charge in [0.05, 0.1) is 6.04 Å². The van der Waals surface area contributed by atoms with Gasteiger partial charge >= 0.3 is 0 Å². The monoisotopic (exact) mass is 316 g/mol. The Bertz CT molecular complexity index is 589. The van der Waals surface area contributed by atoms with Crippen molar-refractivity contribution in [3.05, 3.63) is 35.9 Å². The van der Waals surface area contributed by atoms with E-state index in [1.165, 1.54) is 12.7 Å². The van der Waals surface area contributed by atoms with Gasteiger partial charge in [-0.05, 0) is 18.4 Å². The van der Waals surface area contributed by atoms with Crippen LogP contribution in [0.3, 0.4) is 0 Å². The second-order valence-electron chi connectivity index (χ2n) is 6.58. The zero-order valence-electron chi connectivity index (χ0n) is 13.8. The average Bonchev–Trinajstić information content (AvgIpc) is 2.87. The van der Waals surface area contributed by atoms with Crippen LogP contribution in [0.25, 0.3) is 0 Å². The summed E-state index contributed by atoms with van der Waals surface area (Å²) in [5, 5.41) is 0. The highest BCUT2D eigenvalue weighted by molar-refractivity contribution is 5.82. The van der Waals surface area contributed by atoms with Crippen LogP contribution >= 0.6 is 0 Å². The lowest BCUT2D eigenvalue weighted by Gasteiger charge is -2.36. The van der Waals surface area contributed by atoms with Crippen molar-refractivity contribution < 1.29 is 14.3 Å². The molecule has 0 spiro atoms. The van der Waals surface area contributed by atoms with Gasteiger partial charge in [-0.25, -0.2) is 0 Å². The molecule has 0 radical (unpaired) electrons. The van der Waals surface area contributed by atoms with E-state index in [9.17, 15) is 9.59 Å². The third-order valence-corrected chi connectivity index (χ3v) is 5.44. The van der Waals surface area contributed by atoms with Crippen LogP contribution in [0.15, 0.2) is 30.3 Å². The number of ether oxygens (including phenoxy) is 1. The van der Waals surface area contributed by atoms with Gasteiger partial charge in [0.15, 0.2) is 0 Å². The molecule has 1 aromatic rings. The van der Waals surface area contributed by atoms with Crippen molar-refractivity contribution in [1.29, 1.82) is 0 Å². The van der Waals surface area contributed by atoms with E-state index in [0.717, 1.165) is 19.4 Å². The number of carbonyl (C=O) groups excluding carboxylic acids is 2. The van der Waals surface area contributed by atoms with Crippen molar-refractivity contribution in [3.63, 3.8) is 0 Å². The number of methoxy groups -OCH3 is 1. The normalized spacial score (nSPS) is 27.7. The number of rotatable bonds is 3. The van der Waals surface area contributed by atoms with Crippen LogP contribution in [0, 0.1) is 0 Å². The Balaban J connectivity index is 2.00. The molecule has 2 aliphatic rings. The minimum absolute atomic E-state index is 0.0207. The van der Waals surface area contributed by atoms with Crippen LogP contribution in [0.2, 0.25) is 0 Å². The van der Waals surface area contributed by atoms with Crippen LogP contribution in [0.4, 0.5) is 0 Å². The molecule has 2 atom stereocenters. The van der Waals surface area contributed by atoms with Crippen LogP contribution < -0.4 is 0 Å². The van der Waals surface area contributed by atoms with Gasteiger partial charge in [0.2, 0.25) is 11.8 Å². The maximum Gasteiger partial charge on any atom is 0.248 e. The van der Waals surface area contributed by atoms with Crippen LogP contribution in [0.1, 0.15) is 24.8 Å². The Morgan fingerprint density at radius 2 is 1.96 bits per heavy atom. The summed E-state index contributed by atoms with van der Waals surface area (Å²) >= 11 is 0. The molecular formula is C18H24N2O3. The van der Waals surface area contributed by atoms with Gasteiger partial charge in [-0.15, -0.1) is 0 Å². The molecule has 0 aromatic heterocycles. The molecule has 5 nitrogen and oxygen atoms in total. The Hall–Kier alpha value is -1.88. The smallest absolute Gasteiger partial charge is 0.248 e. The molecule has 3 rings (SSSR count). The molecule has 23 heavy (non-hydrogen) atoms. The third-order valence-electron chi connectivity index (χ3n) is 5.44.